The van der Waals surface area contributed by atoms with Crippen LogP contribution in [-0.4, -0.2) is 40.9 Å². The maximum absolute atomic E-state index is 11.8. The number of aromatic nitrogens is 7. The van der Waals surface area contributed by atoms with E-state index in [-0.39, 0.29) is 18.4 Å². The molecule has 0 radical (unpaired) electrons. The number of rotatable bonds is 5. The number of amides is 1. The minimum Gasteiger partial charge on any atom is -0.292 e. The molecule has 1 amide bonds. The average Bonchev–Trinajstić information content (AvgIpc) is 3.14. The van der Waals surface area contributed by atoms with Gasteiger partial charge in [0.1, 0.15) is 19.2 Å². The number of benzene rings is 1. The fourth-order valence-electron chi connectivity index (χ4n) is 1.77. The molecule has 112 valence electrons. The molecule has 0 aliphatic rings. The number of halogens is 1. The first-order valence-corrected chi connectivity index (χ1v) is 6.71. The van der Waals surface area contributed by atoms with E-state index >= 15 is 0 Å². The van der Waals surface area contributed by atoms with Crippen molar-refractivity contribution in [1.29, 1.82) is 0 Å². The third-order valence-electron chi connectivity index (χ3n) is 2.74. The third kappa shape index (κ3) is 3.64. The zero-order chi connectivity index (χ0) is 15.4. The fraction of sp³-hybridized carbons (Fsp3) is 0.167. The van der Waals surface area contributed by atoms with Crippen molar-refractivity contribution >= 4 is 23.5 Å². The molecular weight excluding hydrogens is 308 g/mol. The van der Waals surface area contributed by atoms with Crippen molar-refractivity contribution in [3.05, 3.63) is 47.5 Å². The number of carbonyl (C=O) groups excluding carboxylic acids is 1. The normalized spacial score (nSPS) is 10.6. The van der Waals surface area contributed by atoms with E-state index in [0.29, 0.717) is 11.6 Å². The summed E-state index contributed by atoms with van der Waals surface area (Å²) in [7, 11) is 0. The number of carbonyl (C=O) groups is 1. The van der Waals surface area contributed by atoms with Gasteiger partial charge in [0.05, 0.1) is 6.54 Å². The summed E-state index contributed by atoms with van der Waals surface area (Å²) < 4.78 is 2.93. The molecule has 0 aliphatic heterocycles. The van der Waals surface area contributed by atoms with Crippen LogP contribution >= 0.6 is 11.6 Å². The highest BCUT2D eigenvalue weighted by molar-refractivity contribution is 6.30. The van der Waals surface area contributed by atoms with Gasteiger partial charge in [-0.2, -0.15) is 0 Å². The van der Waals surface area contributed by atoms with E-state index in [9.17, 15) is 4.79 Å². The van der Waals surface area contributed by atoms with Crippen molar-refractivity contribution in [2.24, 2.45) is 0 Å². The van der Waals surface area contributed by atoms with Crippen LogP contribution in [-0.2, 0) is 17.9 Å². The standard InChI is InChI=1S/C12H11ClN8O/c13-10-3-1-9(2-4-10)5-20-7-14-12(17-20)16-11(22)6-21-8-15-18-19-21/h1-4,7-8H,5-6H2,(H,16,17,22). The predicted molar refractivity (Wildman–Crippen MR) is 77.0 cm³/mol. The molecule has 0 unspecified atom stereocenters. The van der Waals surface area contributed by atoms with Crippen molar-refractivity contribution in [3.8, 4) is 0 Å². The first kappa shape index (κ1) is 14.1. The molecule has 1 aromatic carbocycles. The van der Waals surface area contributed by atoms with Crippen LogP contribution in [0.25, 0.3) is 0 Å². The van der Waals surface area contributed by atoms with E-state index < -0.39 is 0 Å². The SMILES string of the molecule is O=C(Cn1cnnn1)Nc1ncn(Cc2ccc(Cl)cc2)n1. The molecule has 3 rings (SSSR count). The van der Waals surface area contributed by atoms with Crippen molar-refractivity contribution < 1.29 is 4.79 Å². The molecule has 0 spiro atoms. The Morgan fingerprint density at radius 3 is 2.73 bits per heavy atom. The second kappa shape index (κ2) is 6.31. The highest BCUT2D eigenvalue weighted by Crippen LogP contribution is 2.10. The monoisotopic (exact) mass is 318 g/mol. The molecule has 0 saturated carbocycles. The Morgan fingerprint density at radius 1 is 1.18 bits per heavy atom. The van der Waals surface area contributed by atoms with Crippen LogP contribution in [0.2, 0.25) is 5.02 Å². The minimum absolute atomic E-state index is 0.00127. The van der Waals surface area contributed by atoms with Crippen LogP contribution in [0.1, 0.15) is 5.56 Å². The lowest BCUT2D eigenvalue weighted by atomic mass is 10.2. The molecule has 1 N–H and O–H groups in total. The summed E-state index contributed by atoms with van der Waals surface area (Å²) in [5.41, 5.74) is 1.03. The minimum atomic E-state index is -0.309. The van der Waals surface area contributed by atoms with Crippen LogP contribution in [0.3, 0.4) is 0 Å². The van der Waals surface area contributed by atoms with Gasteiger partial charge in [-0.05, 0) is 28.1 Å². The van der Waals surface area contributed by atoms with E-state index in [1.54, 1.807) is 11.0 Å². The summed E-state index contributed by atoms with van der Waals surface area (Å²) in [5, 5.41) is 17.9. The summed E-state index contributed by atoms with van der Waals surface area (Å²) in [6.45, 7) is 0.533. The molecule has 0 bridgehead atoms. The van der Waals surface area contributed by atoms with Gasteiger partial charge in [0.15, 0.2) is 0 Å². The first-order valence-electron chi connectivity index (χ1n) is 6.33. The van der Waals surface area contributed by atoms with Crippen molar-refractivity contribution in [1.82, 2.24) is 35.0 Å². The maximum Gasteiger partial charge on any atom is 0.248 e. The van der Waals surface area contributed by atoms with E-state index in [1.807, 2.05) is 24.3 Å². The van der Waals surface area contributed by atoms with Gasteiger partial charge in [-0.3, -0.25) is 10.1 Å². The number of nitrogens with zero attached hydrogens (tertiary/aromatic N) is 7. The Bertz CT molecular complexity index is 752. The summed E-state index contributed by atoms with van der Waals surface area (Å²) in [4.78, 5) is 15.8. The van der Waals surface area contributed by atoms with Gasteiger partial charge in [-0.1, -0.05) is 23.7 Å². The van der Waals surface area contributed by atoms with Crippen LogP contribution in [0.15, 0.2) is 36.9 Å². The van der Waals surface area contributed by atoms with Crippen molar-refractivity contribution in [3.63, 3.8) is 0 Å². The number of anilines is 1. The van der Waals surface area contributed by atoms with E-state index in [1.165, 1.54) is 11.0 Å². The summed E-state index contributed by atoms with van der Waals surface area (Å²) in [5.74, 6) is -0.0800. The van der Waals surface area contributed by atoms with Gasteiger partial charge in [0.2, 0.25) is 11.9 Å². The molecule has 2 heterocycles. The van der Waals surface area contributed by atoms with Gasteiger partial charge in [-0.25, -0.2) is 14.3 Å². The number of nitrogens with one attached hydrogen (secondary N) is 1. The largest absolute Gasteiger partial charge is 0.292 e. The molecule has 0 atom stereocenters. The van der Waals surface area contributed by atoms with E-state index in [0.717, 1.165) is 5.56 Å². The molecule has 0 aliphatic carbocycles. The van der Waals surface area contributed by atoms with Gasteiger partial charge in [0.25, 0.3) is 0 Å². The average molecular weight is 319 g/mol. The number of tetrazole rings is 1. The molecule has 2 aromatic heterocycles. The summed E-state index contributed by atoms with van der Waals surface area (Å²) in [6, 6.07) is 7.42. The first-order chi connectivity index (χ1) is 10.7. The fourth-order valence-corrected chi connectivity index (χ4v) is 1.90. The van der Waals surface area contributed by atoms with Crippen molar-refractivity contribution in [2.45, 2.75) is 13.1 Å². The van der Waals surface area contributed by atoms with Crippen LogP contribution in [0, 0.1) is 0 Å². The van der Waals surface area contributed by atoms with Gasteiger partial charge < -0.3 is 0 Å². The highest BCUT2D eigenvalue weighted by Gasteiger charge is 2.08. The molecular formula is C12H11ClN8O. The quantitative estimate of drug-likeness (QED) is 0.739. The highest BCUT2D eigenvalue weighted by atomic mass is 35.5. The number of hydrogen-bond donors (Lipinski definition) is 1. The Morgan fingerprint density at radius 2 is 2.00 bits per heavy atom. The summed E-state index contributed by atoms with van der Waals surface area (Å²) >= 11 is 5.84. The van der Waals surface area contributed by atoms with Crippen LogP contribution in [0.5, 0.6) is 0 Å². The predicted octanol–water partition coefficient (Wildman–Crippen LogP) is 0.605. The molecule has 22 heavy (non-hydrogen) atoms. The molecule has 0 fully saturated rings. The molecule has 3 aromatic rings. The zero-order valence-corrected chi connectivity index (χ0v) is 12.1. The topological polar surface area (TPSA) is 103 Å². The smallest absolute Gasteiger partial charge is 0.248 e. The lowest BCUT2D eigenvalue weighted by molar-refractivity contribution is -0.117. The van der Waals surface area contributed by atoms with Crippen LogP contribution in [0.4, 0.5) is 5.95 Å². The summed E-state index contributed by atoms with van der Waals surface area (Å²) in [6.07, 6.45) is 2.90. The Balaban J connectivity index is 1.58. The van der Waals surface area contributed by atoms with E-state index in [4.69, 9.17) is 11.6 Å². The molecule has 10 heteroatoms. The van der Waals surface area contributed by atoms with Crippen LogP contribution < -0.4 is 5.32 Å². The third-order valence-corrected chi connectivity index (χ3v) is 2.99. The lowest BCUT2D eigenvalue weighted by Gasteiger charge is -2.01. The van der Waals surface area contributed by atoms with Gasteiger partial charge >= 0.3 is 0 Å². The lowest BCUT2D eigenvalue weighted by Crippen LogP contribution is -2.20. The maximum atomic E-state index is 11.8. The molecule has 9 nitrogen and oxygen atoms in total. The Labute approximate surface area is 129 Å². The second-order valence-electron chi connectivity index (χ2n) is 4.45. The zero-order valence-electron chi connectivity index (χ0n) is 11.3. The Hall–Kier alpha value is -2.81. The van der Waals surface area contributed by atoms with Gasteiger partial charge in [-0.15, -0.1) is 10.2 Å². The second-order valence-corrected chi connectivity index (χ2v) is 4.88. The molecule has 0 saturated heterocycles. The Kier molecular flexibility index (Phi) is 4.05. The van der Waals surface area contributed by atoms with Gasteiger partial charge in [0, 0.05) is 5.02 Å². The van der Waals surface area contributed by atoms with Crippen molar-refractivity contribution in [2.75, 3.05) is 5.32 Å². The van der Waals surface area contributed by atoms with E-state index in [2.05, 4.69) is 30.9 Å². The number of hydrogen-bond acceptors (Lipinski definition) is 6.